The largest absolute Gasteiger partial charge is 0.444 e. The van der Waals surface area contributed by atoms with Gasteiger partial charge in [-0.05, 0) is 51.1 Å². The number of hydrogen-bond donors (Lipinski definition) is 0. The number of carbonyl (C=O) groups is 1. The Morgan fingerprint density at radius 1 is 1.40 bits per heavy atom. The van der Waals surface area contributed by atoms with Gasteiger partial charge in [-0.25, -0.2) is 4.79 Å². The smallest absolute Gasteiger partial charge is 0.410 e. The Morgan fingerprint density at radius 2 is 2.10 bits per heavy atom. The number of hydrogen-bond acceptors (Lipinski definition) is 3. The number of ether oxygens (including phenoxy) is 1. The molecule has 1 aromatic carbocycles. The molecular weight excluding hydrogens is 338 g/mol. The molecule has 0 fully saturated rings. The Kier molecular flexibility index (Phi) is 6.89. The third-order valence-corrected chi connectivity index (χ3v) is 3.98. The number of amides is 1. The van der Waals surface area contributed by atoms with E-state index < -0.39 is 5.60 Å². The number of rotatable bonds is 5. The molecule has 1 rings (SSSR count). The molecule has 0 saturated heterocycles. The van der Waals surface area contributed by atoms with E-state index in [0.717, 1.165) is 16.6 Å². The summed E-state index contributed by atoms with van der Waals surface area (Å²) in [7, 11) is 1.78. The summed E-state index contributed by atoms with van der Waals surface area (Å²) in [6, 6.07) is 8.23. The zero-order valence-corrected chi connectivity index (χ0v) is 14.9. The van der Waals surface area contributed by atoms with Crippen molar-refractivity contribution in [2.45, 2.75) is 37.7 Å². The number of benzene rings is 1. The molecule has 0 N–H and O–H groups in total. The van der Waals surface area contributed by atoms with E-state index in [1.54, 1.807) is 23.7 Å². The third kappa shape index (κ3) is 7.20. The average Bonchev–Trinajstić information content (AvgIpc) is 2.32. The zero-order chi connectivity index (χ0) is 15.2. The van der Waals surface area contributed by atoms with Crippen LogP contribution in [0.3, 0.4) is 0 Å². The summed E-state index contributed by atoms with van der Waals surface area (Å²) in [5, 5.41) is 0. The fourth-order valence-electron chi connectivity index (χ4n) is 1.48. The van der Waals surface area contributed by atoms with Gasteiger partial charge in [-0.1, -0.05) is 22.0 Å². The van der Waals surface area contributed by atoms with Crippen LogP contribution in [0.2, 0.25) is 0 Å². The van der Waals surface area contributed by atoms with E-state index in [-0.39, 0.29) is 6.09 Å². The van der Waals surface area contributed by atoms with Gasteiger partial charge >= 0.3 is 6.09 Å². The second-order valence-electron chi connectivity index (χ2n) is 5.56. The molecule has 0 aromatic heterocycles. The molecule has 0 aliphatic carbocycles. The van der Waals surface area contributed by atoms with Crippen LogP contribution in [-0.4, -0.2) is 35.9 Å². The van der Waals surface area contributed by atoms with Crippen molar-refractivity contribution in [3.63, 3.8) is 0 Å². The van der Waals surface area contributed by atoms with Gasteiger partial charge in [0, 0.05) is 23.0 Å². The summed E-state index contributed by atoms with van der Waals surface area (Å²) in [6.45, 7) is 6.33. The Labute approximate surface area is 134 Å². The standard InChI is InChI=1S/C15H22BrNO2S/c1-15(2,3)19-14(18)17(4)9-6-10-20-13-8-5-7-12(16)11-13/h5,7-8,11H,6,9-10H2,1-4H3. The predicted octanol–water partition coefficient (Wildman–Crippen LogP) is 4.80. The minimum Gasteiger partial charge on any atom is -0.444 e. The van der Waals surface area contributed by atoms with Gasteiger partial charge in [0.25, 0.3) is 0 Å². The van der Waals surface area contributed by atoms with Crippen LogP contribution in [0.15, 0.2) is 33.6 Å². The maximum absolute atomic E-state index is 11.8. The molecule has 0 spiro atoms. The Balaban J connectivity index is 2.25. The first kappa shape index (κ1) is 17.4. The van der Waals surface area contributed by atoms with Gasteiger partial charge in [0.15, 0.2) is 0 Å². The molecule has 0 atom stereocenters. The molecular formula is C15H22BrNO2S. The van der Waals surface area contributed by atoms with E-state index in [1.165, 1.54) is 4.90 Å². The van der Waals surface area contributed by atoms with Gasteiger partial charge in [-0.15, -0.1) is 11.8 Å². The maximum Gasteiger partial charge on any atom is 0.410 e. The summed E-state index contributed by atoms with van der Waals surface area (Å²) < 4.78 is 6.40. The van der Waals surface area contributed by atoms with Crippen LogP contribution in [0.1, 0.15) is 27.2 Å². The Morgan fingerprint density at radius 3 is 2.70 bits per heavy atom. The van der Waals surface area contributed by atoms with Crippen molar-refractivity contribution in [3.8, 4) is 0 Å². The average molecular weight is 360 g/mol. The first-order valence-electron chi connectivity index (χ1n) is 6.60. The Hall–Kier alpha value is -0.680. The molecule has 0 unspecified atom stereocenters. The predicted molar refractivity (Wildman–Crippen MR) is 88.3 cm³/mol. The number of carbonyl (C=O) groups excluding carboxylic acids is 1. The van der Waals surface area contributed by atoms with Gasteiger partial charge < -0.3 is 9.64 Å². The van der Waals surface area contributed by atoms with Crippen molar-refractivity contribution in [2.75, 3.05) is 19.3 Å². The number of nitrogens with zero attached hydrogens (tertiary/aromatic N) is 1. The molecule has 0 aliphatic rings. The number of halogens is 1. The molecule has 0 saturated carbocycles. The lowest BCUT2D eigenvalue weighted by molar-refractivity contribution is 0.0299. The first-order chi connectivity index (χ1) is 9.28. The van der Waals surface area contributed by atoms with E-state index in [0.29, 0.717) is 6.54 Å². The quantitative estimate of drug-likeness (QED) is 0.558. The number of thioether (sulfide) groups is 1. The molecule has 0 heterocycles. The lowest BCUT2D eigenvalue weighted by Crippen LogP contribution is -2.34. The molecule has 0 bridgehead atoms. The summed E-state index contributed by atoms with van der Waals surface area (Å²) in [5.74, 6) is 0.976. The second-order valence-corrected chi connectivity index (χ2v) is 7.65. The van der Waals surface area contributed by atoms with Crippen LogP contribution in [0.5, 0.6) is 0 Å². The molecule has 20 heavy (non-hydrogen) atoms. The third-order valence-electron chi connectivity index (χ3n) is 2.41. The maximum atomic E-state index is 11.8. The van der Waals surface area contributed by atoms with Crippen LogP contribution in [-0.2, 0) is 4.74 Å². The molecule has 3 nitrogen and oxygen atoms in total. The monoisotopic (exact) mass is 359 g/mol. The first-order valence-corrected chi connectivity index (χ1v) is 8.38. The normalized spacial score (nSPS) is 11.2. The van der Waals surface area contributed by atoms with Crippen molar-refractivity contribution in [2.24, 2.45) is 0 Å². The highest BCUT2D eigenvalue weighted by Gasteiger charge is 2.18. The molecule has 0 aliphatic heterocycles. The molecule has 0 radical (unpaired) electrons. The summed E-state index contributed by atoms with van der Waals surface area (Å²) in [5.41, 5.74) is -0.434. The van der Waals surface area contributed by atoms with E-state index >= 15 is 0 Å². The summed E-state index contributed by atoms with van der Waals surface area (Å²) >= 11 is 5.25. The minimum absolute atomic E-state index is 0.259. The SMILES string of the molecule is CN(CCCSc1cccc(Br)c1)C(=O)OC(C)(C)C. The van der Waals surface area contributed by atoms with E-state index in [4.69, 9.17) is 4.74 Å². The van der Waals surface area contributed by atoms with Gasteiger partial charge in [-0.2, -0.15) is 0 Å². The van der Waals surface area contributed by atoms with Crippen LogP contribution in [0.25, 0.3) is 0 Å². The van der Waals surface area contributed by atoms with Crippen LogP contribution >= 0.6 is 27.7 Å². The van der Waals surface area contributed by atoms with Crippen molar-refractivity contribution in [3.05, 3.63) is 28.7 Å². The van der Waals surface area contributed by atoms with E-state index in [9.17, 15) is 4.79 Å². The van der Waals surface area contributed by atoms with Crippen LogP contribution < -0.4 is 0 Å². The topological polar surface area (TPSA) is 29.5 Å². The highest BCUT2D eigenvalue weighted by molar-refractivity contribution is 9.10. The highest BCUT2D eigenvalue weighted by atomic mass is 79.9. The molecule has 112 valence electrons. The van der Waals surface area contributed by atoms with E-state index in [1.807, 2.05) is 32.9 Å². The van der Waals surface area contributed by atoms with Gasteiger partial charge in [0.1, 0.15) is 5.60 Å². The summed E-state index contributed by atoms with van der Waals surface area (Å²) in [6.07, 6.45) is 0.678. The van der Waals surface area contributed by atoms with Crippen molar-refractivity contribution >= 4 is 33.8 Å². The van der Waals surface area contributed by atoms with Crippen LogP contribution in [0.4, 0.5) is 4.79 Å². The van der Waals surface area contributed by atoms with Crippen molar-refractivity contribution in [1.29, 1.82) is 0 Å². The summed E-state index contributed by atoms with van der Waals surface area (Å²) in [4.78, 5) is 14.6. The van der Waals surface area contributed by atoms with Gasteiger partial charge in [0.2, 0.25) is 0 Å². The fraction of sp³-hybridized carbons (Fsp3) is 0.533. The molecule has 1 amide bonds. The Bertz CT molecular complexity index is 446. The zero-order valence-electron chi connectivity index (χ0n) is 12.5. The highest BCUT2D eigenvalue weighted by Crippen LogP contribution is 2.22. The lowest BCUT2D eigenvalue weighted by Gasteiger charge is -2.24. The van der Waals surface area contributed by atoms with Gasteiger partial charge in [-0.3, -0.25) is 0 Å². The molecule has 1 aromatic rings. The fourth-order valence-corrected chi connectivity index (χ4v) is 2.92. The van der Waals surface area contributed by atoms with E-state index in [2.05, 4.69) is 28.1 Å². The second kappa shape index (κ2) is 7.93. The van der Waals surface area contributed by atoms with Crippen molar-refractivity contribution in [1.82, 2.24) is 4.90 Å². The van der Waals surface area contributed by atoms with Crippen molar-refractivity contribution < 1.29 is 9.53 Å². The lowest BCUT2D eigenvalue weighted by atomic mass is 10.2. The van der Waals surface area contributed by atoms with Gasteiger partial charge in [0.05, 0.1) is 0 Å². The molecule has 5 heteroatoms. The minimum atomic E-state index is -0.434. The van der Waals surface area contributed by atoms with Crippen LogP contribution in [0, 0.1) is 0 Å².